The van der Waals surface area contributed by atoms with Gasteiger partial charge in [-0.1, -0.05) is 12.1 Å². The standard InChI is InChI=1S/C19H32N2O8P2/c1-5-24-30(22,25-6-2)28-15-17(29-31(23,26-7-3)27-8-4)13-14-21-16-20-18-11-9-10-12-19(18)21/h9-12,16-17H,5-8,13-15H2,1-4H3. The fourth-order valence-corrected chi connectivity index (χ4v) is 5.40. The van der Waals surface area contributed by atoms with Gasteiger partial charge in [-0.3, -0.25) is 27.1 Å². The van der Waals surface area contributed by atoms with Crippen LogP contribution in [0.15, 0.2) is 30.6 Å². The summed E-state index contributed by atoms with van der Waals surface area (Å²) in [7, 11) is -7.58. The number of phosphoric acid groups is 2. The molecule has 0 N–H and O–H groups in total. The Morgan fingerprint density at radius 3 is 2.06 bits per heavy atom. The Hall–Kier alpha value is -1.09. The summed E-state index contributed by atoms with van der Waals surface area (Å²) >= 11 is 0. The quantitative estimate of drug-likeness (QED) is 0.301. The van der Waals surface area contributed by atoms with Crippen molar-refractivity contribution in [3.05, 3.63) is 30.6 Å². The summed E-state index contributed by atoms with van der Waals surface area (Å²) in [5.41, 5.74) is 1.82. The van der Waals surface area contributed by atoms with Crippen molar-refractivity contribution >= 4 is 26.7 Å². The molecule has 0 bridgehead atoms. The summed E-state index contributed by atoms with van der Waals surface area (Å²) in [6.45, 7) is 7.65. The molecule has 31 heavy (non-hydrogen) atoms. The van der Waals surface area contributed by atoms with Crippen LogP contribution in [-0.4, -0.2) is 48.7 Å². The van der Waals surface area contributed by atoms with E-state index in [0.29, 0.717) is 13.0 Å². The van der Waals surface area contributed by atoms with Crippen LogP contribution < -0.4 is 0 Å². The number of aryl methyl sites for hydroxylation is 1. The maximum atomic E-state index is 12.9. The Kier molecular flexibility index (Phi) is 10.8. The number of hydrogen-bond acceptors (Lipinski definition) is 9. The van der Waals surface area contributed by atoms with Crippen molar-refractivity contribution in [3.63, 3.8) is 0 Å². The minimum Gasteiger partial charge on any atom is -0.330 e. The van der Waals surface area contributed by atoms with E-state index < -0.39 is 21.7 Å². The molecule has 0 saturated carbocycles. The van der Waals surface area contributed by atoms with Gasteiger partial charge in [0.2, 0.25) is 0 Å². The van der Waals surface area contributed by atoms with Gasteiger partial charge in [0.05, 0.1) is 56.5 Å². The number of para-hydroxylation sites is 2. The summed E-state index contributed by atoms with van der Waals surface area (Å²) in [5.74, 6) is 0. The van der Waals surface area contributed by atoms with Gasteiger partial charge >= 0.3 is 15.6 Å². The predicted molar refractivity (Wildman–Crippen MR) is 117 cm³/mol. The second-order valence-electron chi connectivity index (χ2n) is 6.30. The number of phosphoric ester groups is 2. The SMILES string of the molecule is CCOP(=O)(OCC)OCC(CCn1cnc2ccccc21)OP(=O)(OCC)OCC. The predicted octanol–water partition coefficient (Wildman–Crippen LogP) is 5.19. The number of rotatable bonds is 16. The average molecular weight is 478 g/mol. The molecular weight excluding hydrogens is 446 g/mol. The third kappa shape index (κ3) is 8.08. The van der Waals surface area contributed by atoms with E-state index in [9.17, 15) is 9.13 Å². The van der Waals surface area contributed by atoms with Gasteiger partial charge in [-0.05, 0) is 46.2 Å². The summed E-state index contributed by atoms with van der Waals surface area (Å²) in [5, 5.41) is 0. The van der Waals surface area contributed by atoms with Crippen LogP contribution in [0.25, 0.3) is 11.0 Å². The number of nitrogens with zero attached hydrogens (tertiary/aromatic N) is 2. The van der Waals surface area contributed by atoms with Crippen LogP contribution in [0.3, 0.4) is 0 Å². The van der Waals surface area contributed by atoms with E-state index in [4.69, 9.17) is 27.1 Å². The molecule has 10 nitrogen and oxygen atoms in total. The van der Waals surface area contributed by atoms with Crippen molar-refractivity contribution < 1.29 is 36.3 Å². The third-order valence-corrected chi connectivity index (χ3v) is 7.38. The van der Waals surface area contributed by atoms with Crippen molar-refractivity contribution in [1.82, 2.24) is 9.55 Å². The first-order valence-electron chi connectivity index (χ1n) is 10.4. The van der Waals surface area contributed by atoms with Crippen molar-refractivity contribution in [2.75, 3.05) is 33.0 Å². The van der Waals surface area contributed by atoms with E-state index >= 15 is 0 Å². The van der Waals surface area contributed by atoms with Crippen molar-refractivity contribution in [3.8, 4) is 0 Å². The largest absolute Gasteiger partial charge is 0.475 e. The zero-order chi connectivity index (χ0) is 22.7. The second-order valence-corrected chi connectivity index (χ2v) is 9.59. The number of aromatic nitrogens is 2. The van der Waals surface area contributed by atoms with E-state index in [1.165, 1.54) is 0 Å². The lowest BCUT2D eigenvalue weighted by Gasteiger charge is -2.25. The molecule has 0 aliphatic heterocycles. The minimum atomic E-state index is -3.82. The van der Waals surface area contributed by atoms with Crippen LogP contribution >= 0.6 is 15.6 Å². The molecule has 1 aromatic heterocycles. The number of imidazole rings is 1. The monoisotopic (exact) mass is 478 g/mol. The van der Waals surface area contributed by atoms with Crippen LogP contribution in [-0.2, 0) is 42.8 Å². The van der Waals surface area contributed by atoms with Gasteiger partial charge in [-0.15, -0.1) is 0 Å². The van der Waals surface area contributed by atoms with E-state index in [2.05, 4.69) is 4.98 Å². The number of benzene rings is 1. The Bertz CT molecular complexity index is 871. The first-order valence-corrected chi connectivity index (χ1v) is 13.3. The topological polar surface area (TPSA) is 107 Å². The van der Waals surface area contributed by atoms with Crippen molar-refractivity contribution in [2.24, 2.45) is 0 Å². The van der Waals surface area contributed by atoms with E-state index in [1.54, 1.807) is 34.0 Å². The molecule has 0 fully saturated rings. The molecule has 0 radical (unpaired) electrons. The lowest BCUT2D eigenvalue weighted by Crippen LogP contribution is -2.22. The highest BCUT2D eigenvalue weighted by atomic mass is 31.2. The van der Waals surface area contributed by atoms with Gasteiger partial charge in [0.1, 0.15) is 0 Å². The zero-order valence-electron chi connectivity index (χ0n) is 18.5. The molecule has 0 spiro atoms. The summed E-state index contributed by atoms with van der Waals surface area (Å²) < 4.78 is 59.5. The molecule has 1 unspecified atom stereocenters. The van der Waals surface area contributed by atoms with Crippen LogP contribution in [0.2, 0.25) is 0 Å². The smallest absolute Gasteiger partial charge is 0.330 e. The van der Waals surface area contributed by atoms with Gasteiger partial charge < -0.3 is 4.57 Å². The summed E-state index contributed by atoms with van der Waals surface area (Å²) in [6, 6.07) is 7.72. The maximum absolute atomic E-state index is 12.9. The van der Waals surface area contributed by atoms with Crippen LogP contribution in [0.4, 0.5) is 0 Å². The highest BCUT2D eigenvalue weighted by Gasteiger charge is 2.33. The van der Waals surface area contributed by atoms with E-state index in [-0.39, 0.29) is 33.0 Å². The highest BCUT2D eigenvalue weighted by Crippen LogP contribution is 2.53. The van der Waals surface area contributed by atoms with Gasteiger partial charge in [0.15, 0.2) is 0 Å². The van der Waals surface area contributed by atoms with E-state index in [0.717, 1.165) is 11.0 Å². The normalized spacial score (nSPS) is 13.7. The maximum Gasteiger partial charge on any atom is 0.475 e. The van der Waals surface area contributed by atoms with Crippen LogP contribution in [0.1, 0.15) is 34.1 Å². The van der Waals surface area contributed by atoms with Crippen molar-refractivity contribution in [2.45, 2.75) is 46.8 Å². The fourth-order valence-electron chi connectivity index (χ4n) is 2.84. The molecule has 1 atom stereocenters. The van der Waals surface area contributed by atoms with Gasteiger partial charge in [0, 0.05) is 6.54 Å². The zero-order valence-corrected chi connectivity index (χ0v) is 20.3. The minimum absolute atomic E-state index is 0.146. The van der Waals surface area contributed by atoms with Crippen LogP contribution in [0.5, 0.6) is 0 Å². The Morgan fingerprint density at radius 1 is 0.871 bits per heavy atom. The summed E-state index contributed by atoms with van der Waals surface area (Å²) in [4.78, 5) is 4.37. The average Bonchev–Trinajstić information content (AvgIpc) is 3.14. The molecule has 176 valence electrons. The molecule has 12 heteroatoms. The molecule has 2 aromatic rings. The van der Waals surface area contributed by atoms with Crippen LogP contribution in [0, 0.1) is 0 Å². The molecule has 0 aliphatic carbocycles. The first-order chi connectivity index (χ1) is 14.9. The first kappa shape index (κ1) is 26.2. The Labute approximate surface area is 183 Å². The third-order valence-electron chi connectivity index (χ3n) is 4.06. The molecule has 2 rings (SSSR count). The number of fused-ring (bicyclic) bond motifs is 1. The summed E-state index contributed by atoms with van der Waals surface area (Å²) in [6.07, 6.45) is 1.32. The fraction of sp³-hybridized carbons (Fsp3) is 0.632. The lowest BCUT2D eigenvalue weighted by molar-refractivity contribution is 0.0341. The molecule has 0 amide bonds. The molecule has 1 aromatic carbocycles. The van der Waals surface area contributed by atoms with Gasteiger partial charge in [-0.2, -0.15) is 0 Å². The van der Waals surface area contributed by atoms with E-state index in [1.807, 2.05) is 28.8 Å². The Morgan fingerprint density at radius 2 is 1.45 bits per heavy atom. The molecule has 0 saturated heterocycles. The lowest BCUT2D eigenvalue weighted by atomic mass is 10.2. The number of hydrogen-bond donors (Lipinski definition) is 0. The highest BCUT2D eigenvalue weighted by molar-refractivity contribution is 7.48. The molecular formula is C19H32N2O8P2. The second kappa shape index (κ2) is 12.8. The van der Waals surface area contributed by atoms with Gasteiger partial charge in [-0.25, -0.2) is 14.1 Å². The van der Waals surface area contributed by atoms with Gasteiger partial charge in [0.25, 0.3) is 0 Å². The molecule has 1 heterocycles. The van der Waals surface area contributed by atoms with Crippen molar-refractivity contribution in [1.29, 1.82) is 0 Å². The Balaban J connectivity index is 2.15. The molecule has 0 aliphatic rings.